The van der Waals surface area contributed by atoms with Crippen LogP contribution in [0.2, 0.25) is 0 Å². The first-order valence-corrected chi connectivity index (χ1v) is 23.5. The summed E-state index contributed by atoms with van der Waals surface area (Å²) in [5.41, 5.74) is 4.60. The van der Waals surface area contributed by atoms with E-state index in [9.17, 15) is 13.2 Å². The van der Waals surface area contributed by atoms with E-state index in [0.29, 0.717) is 38.2 Å². The zero-order valence-corrected chi connectivity index (χ0v) is 37.8. The monoisotopic (exact) mass is 950 g/mol. The number of halogens is 6. The van der Waals surface area contributed by atoms with Crippen LogP contribution in [0.3, 0.4) is 0 Å². The average molecular weight is 951 g/mol. The van der Waals surface area contributed by atoms with Crippen molar-refractivity contribution in [2.75, 3.05) is 0 Å². The summed E-state index contributed by atoms with van der Waals surface area (Å²) in [5.74, 6) is 0. The number of hydrogen-bond donors (Lipinski definition) is 0. The molecule has 0 radical (unpaired) electrons. The lowest BCUT2D eigenvalue weighted by Crippen LogP contribution is -2.17. The van der Waals surface area contributed by atoms with Crippen molar-refractivity contribution in [1.29, 1.82) is 0 Å². The van der Waals surface area contributed by atoms with Crippen molar-refractivity contribution in [3.05, 3.63) is 230 Å². The van der Waals surface area contributed by atoms with E-state index < -0.39 is 23.5 Å². The van der Waals surface area contributed by atoms with Gasteiger partial charge < -0.3 is 18.3 Å². The van der Waals surface area contributed by atoms with Crippen LogP contribution in [0.5, 0.6) is 0 Å². The number of alkyl halides is 6. The number of aromatic nitrogens is 4. The van der Waals surface area contributed by atoms with Gasteiger partial charge in [0.25, 0.3) is 0 Å². The zero-order chi connectivity index (χ0) is 48.6. The highest BCUT2D eigenvalue weighted by Crippen LogP contribution is 2.51. The van der Waals surface area contributed by atoms with Crippen LogP contribution in [0.4, 0.5) is 26.3 Å². The largest absolute Gasteiger partial charge is 0.420 e. The van der Waals surface area contributed by atoms with Gasteiger partial charge in [-0.25, -0.2) is 0 Å². The summed E-state index contributed by atoms with van der Waals surface area (Å²) in [5, 5.41) is 5.97. The third kappa shape index (κ3) is 5.95. The highest BCUT2D eigenvalue weighted by molar-refractivity contribution is 6.28. The van der Waals surface area contributed by atoms with E-state index in [1.807, 2.05) is 170 Å². The molecule has 0 bridgehead atoms. The second kappa shape index (κ2) is 15.2. The maximum absolute atomic E-state index is 17.4. The Labute approximate surface area is 406 Å². The van der Waals surface area contributed by atoms with Gasteiger partial charge in [-0.1, -0.05) is 140 Å². The Bertz CT molecular complexity index is 4530. The van der Waals surface area contributed by atoms with Gasteiger partial charge >= 0.3 is 12.4 Å². The Kier molecular flexibility index (Phi) is 8.87. The molecule has 0 amide bonds. The first kappa shape index (κ1) is 41.9. The predicted octanol–water partition coefficient (Wildman–Crippen LogP) is 17.8. The van der Waals surface area contributed by atoms with Gasteiger partial charge in [0, 0.05) is 60.0 Å². The summed E-state index contributed by atoms with van der Waals surface area (Å²) in [6.07, 6.45) is -9.86. The van der Waals surface area contributed by atoms with Crippen molar-refractivity contribution < 1.29 is 26.3 Å². The zero-order valence-electron chi connectivity index (χ0n) is 37.8. The lowest BCUT2D eigenvalue weighted by molar-refractivity contribution is -0.138. The molecule has 4 nitrogen and oxygen atoms in total. The van der Waals surface area contributed by atoms with Gasteiger partial charge in [-0.2, -0.15) is 26.3 Å². The normalized spacial score (nSPS) is 12.6. The molecule has 0 aliphatic carbocycles. The van der Waals surface area contributed by atoms with Crippen LogP contribution < -0.4 is 0 Å². The summed E-state index contributed by atoms with van der Waals surface area (Å²) >= 11 is 0. The quantitative estimate of drug-likeness (QED) is 0.153. The molecular formula is C62H36F6N4. The third-order valence-corrected chi connectivity index (χ3v) is 14.4. The molecule has 14 aromatic rings. The Morgan fingerprint density at radius 3 is 1.25 bits per heavy atom. The molecule has 0 saturated carbocycles. The number of para-hydroxylation sites is 6. The molecular weight excluding hydrogens is 915 g/mol. The molecule has 0 saturated heterocycles. The molecule has 346 valence electrons. The van der Waals surface area contributed by atoms with Crippen LogP contribution in [-0.2, 0) is 12.4 Å². The van der Waals surface area contributed by atoms with Crippen LogP contribution in [0.1, 0.15) is 11.1 Å². The number of fused-ring (bicyclic) bond motifs is 14. The van der Waals surface area contributed by atoms with E-state index in [2.05, 4.69) is 9.13 Å². The molecule has 14 rings (SSSR count). The molecule has 72 heavy (non-hydrogen) atoms. The van der Waals surface area contributed by atoms with Crippen LogP contribution in [0, 0.1) is 0 Å². The molecule has 4 aromatic heterocycles. The van der Waals surface area contributed by atoms with E-state index in [1.165, 1.54) is 18.2 Å². The van der Waals surface area contributed by atoms with E-state index in [0.717, 1.165) is 72.5 Å². The van der Waals surface area contributed by atoms with Crippen molar-refractivity contribution in [2.24, 2.45) is 0 Å². The topological polar surface area (TPSA) is 19.7 Å². The Morgan fingerprint density at radius 2 is 0.750 bits per heavy atom. The third-order valence-electron chi connectivity index (χ3n) is 14.4. The lowest BCUT2D eigenvalue weighted by atomic mass is 9.95. The van der Waals surface area contributed by atoms with Crippen LogP contribution in [0.25, 0.3) is 121 Å². The van der Waals surface area contributed by atoms with Gasteiger partial charge in [0.05, 0.1) is 61.1 Å². The van der Waals surface area contributed by atoms with Gasteiger partial charge in [0.1, 0.15) is 5.56 Å². The van der Waals surface area contributed by atoms with Gasteiger partial charge in [-0.05, 0) is 84.4 Å². The molecule has 0 atom stereocenters. The van der Waals surface area contributed by atoms with E-state index in [4.69, 9.17) is 0 Å². The van der Waals surface area contributed by atoms with Crippen LogP contribution >= 0.6 is 0 Å². The molecule has 0 aliphatic rings. The second-order valence-electron chi connectivity index (χ2n) is 18.2. The fourth-order valence-corrected chi connectivity index (χ4v) is 11.6. The number of benzene rings is 10. The minimum absolute atomic E-state index is 0.0164. The molecule has 10 aromatic carbocycles. The van der Waals surface area contributed by atoms with Crippen molar-refractivity contribution in [1.82, 2.24) is 18.3 Å². The van der Waals surface area contributed by atoms with E-state index in [1.54, 1.807) is 27.3 Å². The van der Waals surface area contributed by atoms with Crippen molar-refractivity contribution in [3.8, 4) is 33.9 Å². The van der Waals surface area contributed by atoms with E-state index >= 15 is 13.2 Å². The van der Waals surface area contributed by atoms with Crippen LogP contribution in [0.15, 0.2) is 218 Å². The van der Waals surface area contributed by atoms with Gasteiger partial charge in [0.2, 0.25) is 0 Å². The Hall–Kier alpha value is -9.02. The smallest absolute Gasteiger partial charge is 0.309 e. The summed E-state index contributed by atoms with van der Waals surface area (Å²) < 4.78 is 104. The molecule has 10 heteroatoms. The molecule has 0 spiro atoms. The molecule has 0 unspecified atom stereocenters. The Morgan fingerprint density at radius 1 is 0.306 bits per heavy atom. The second-order valence-corrected chi connectivity index (χ2v) is 18.2. The van der Waals surface area contributed by atoms with Crippen molar-refractivity contribution >= 4 is 87.2 Å². The summed E-state index contributed by atoms with van der Waals surface area (Å²) in [6, 6.07) is 65.7. The fraction of sp³-hybridized carbons (Fsp3) is 0.0323. The van der Waals surface area contributed by atoms with Gasteiger partial charge in [-0.3, -0.25) is 0 Å². The van der Waals surface area contributed by atoms with Gasteiger partial charge in [0.15, 0.2) is 0 Å². The summed E-state index contributed by atoms with van der Waals surface area (Å²) in [6.45, 7) is 0. The first-order chi connectivity index (χ1) is 35.1. The molecule has 0 N–H and O–H groups in total. The SMILES string of the molecule is FC(F)(F)c1cccc(-c2ccc(-n3c4ccccc4c4ccc5c(c6ccccc6n5-c5ccccc5)c43)c(C(F)(F)F)c2-n2c3ccccc3c3ccc4c(c5ccccc5n4-c4ccccc4)c32)c1. The summed E-state index contributed by atoms with van der Waals surface area (Å²) in [4.78, 5) is 0. The maximum Gasteiger partial charge on any atom is 0.420 e. The number of rotatable bonds is 5. The standard InChI is InChI=1S/C62H36F6N4/c63-61(64,65)38-17-15-16-37(36-38)41-30-35-54(71-48-26-11-7-22-42(48)44-31-33-52-55(58(44)71)46-24-9-13-28-50(46)69(52)39-18-3-1-4-19-39)57(62(66,67)68)60(41)72-49-27-12-8-23-43(49)45-32-34-53-56(59(45)72)47-25-10-14-29-51(47)70(53)40-20-5-2-6-21-40/h1-36H. The minimum Gasteiger partial charge on any atom is -0.309 e. The minimum atomic E-state index is -5.09. The Balaban J connectivity index is 1.21. The molecule has 0 aliphatic heterocycles. The summed E-state index contributed by atoms with van der Waals surface area (Å²) in [7, 11) is 0. The van der Waals surface area contributed by atoms with Gasteiger partial charge in [-0.15, -0.1) is 0 Å². The number of nitrogens with zero attached hydrogens (tertiary/aromatic N) is 4. The predicted molar refractivity (Wildman–Crippen MR) is 279 cm³/mol. The highest BCUT2D eigenvalue weighted by atomic mass is 19.4. The number of hydrogen-bond acceptors (Lipinski definition) is 0. The average Bonchev–Trinajstić information content (AvgIpc) is 4.13. The lowest BCUT2D eigenvalue weighted by Gasteiger charge is -2.25. The molecule has 0 fully saturated rings. The van der Waals surface area contributed by atoms with Crippen molar-refractivity contribution in [3.63, 3.8) is 0 Å². The van der Waals surface area contributed by atoms with Crippen LogP contribution in [-0.4, -0.2) is 18.3 Å². The fourth-order valence-electron chi connectivity index (χ4n) is 11.6. The maximum atomic E-state index is 17.4. The molecule has 4 heterocycles. The first-order valence-electron chi connectivity index (χ1n) is 23.5. The van der Waals surface area contributed by atoms with Crippen molar-refractivity contribution in [2.45, 2.75) is 12.4 Å². The highest BCUT2D eigenvalue weighted by Gasteiger charge is 2.41. The van der Waals surface area contributed by atoms with E-state index in [-0.39, 0.29) is 22.5 Å².